The van der Waals surface area contributed by atoms with Gasteiger partial charge in [-0.2, -0.15) is 0 Å². The monoisotopic (exact) mass is 551 g/mol. The molecular formula is C27H55INP. The summed E-state index contributed by atoms with van der Waals surface area (Å²) in [4.78, 5) is 0. The molecule has 0 aliphatic rings. The third kappa shape index (κ3) is 16.3. The topological polar surface area (TPSA) is 23.8 Å². The van der Waals surface area contributed by atoms with Crippen molar-refractivity contribution < 1.29 is 0 Å². The van der Waals surface area contributed by atoms with Gasteiger partial charge in [-0.1, -0.05) is 0 Å². The first-order valence-electron chi connectivity index (χ1n) is 13.6. The predicted molar refractivity (Wildman–Crippen MR) is 151 cm³/mol. The van der Waals surface area contributed by atoms with E-state index in [4.69, 9.17) is 0 Å². The summed E-state index contributed by atoms with van der Waals surface area (Å²) in [5.74, 6) is 0. The SMILES string of the molecule is CCCCCCCCP(I)(CCC#N)(CCCCCCCC)CCCCCCCC. The van der Waals surface area contributed by atoms with E-state index in [0.29, 0.717) is 0 Å². The van der Waals surface area contributed by atoms with Gasteiger partial charge in [-0.3, -0.25) is 0 Å². The fourth-order valence-electron chi connectivity index (χ4n) is 4.86. The van der Waals surface area contributed by atoms with Crippen LogP contribution in [0, 0.1) is 11.3 Å². The first kappa shape index (κ1) is 30.6. The van der Waals surface area contributed by atoms with Gasteiger partial charge in [0.25, 0.3) is 0 Å². The van der Waals surface area contributed by atoms with Crippen LogP contribution in [0.5, 0.6) is 0 Å². The van der Waals surface area contributed by atoms with Crippen LogP contribution in [-0.2, 0) is 0 Å². The second kappa shape index (κ2) is 20.3. The molecule has 0 spiro atoms. The molecule has 0 aliphatic heterocycles. The van der Waals surface area contributed by atoms with Crippen molar-refractivity contribution in [1.29, 1.82) is 5.26 Å². The second-order valence-electron chi connectivity index (χ2n) is 9.93. The van der Waals surface area contributed by atoms with Crippen LogP contribution in [0.2, 0.25) is 0 Å². The van der Waals surface area contributed by atoms with E-state index in [9.17, 15) is 5.26 Å². The molecule has 0 aliphatic carbocycles. The Labute approximate surface area is 204 Å². The molecule has 0 bridgehead atoms. The van der Waals surface area contributed by atoms with Crippen LogP contribution in [0.3, 0.4) is 0 Å². The molecule has 0 atom stereocenters. The zero-order valence-corrected chi connectivity index (χ0v) is 24.1. The van der Waals surface area contributed by atoms with Crippen molar-refractivity contribution in [3.8, 4) is 6.07 Å². The van der Waals surface area contributed by atoms with Crippen LogP contribution in [-0.4, -0.2) is 24.6 Å². The Kier molecular flexibility index (Phi) is 20.7. The van der Waals surface area contributed by atoms with E-state index < -0.39 is 4.25 Å². The summed E-state index contributed by atoms with van der Waals surface area (Å²) in [6.45, 7) is 6.92. The van der Waals surface area contributed by atoms with Crippen LogP contribution < -0.4 is 0 Å². The van der Waals surface area contributed by atoms with Crippen LogP contribution in [0.4, 0.5) is 0 Å². The third-order valence-corrected chi connectivity index (χ3v) is 18.4. The van der Waals surface area contributed by atoms with Crippen molar-refractivity contribution in [2.45, 2.75) is 143 Å². The molecule has 0 saturated carbocycles. The Balaban J connectivity index is 4.83. The Bertz CT molecular complexity index is 374. The zero-order valence-electron chi connectivity index (χ0n) is 21.0. The fourth-order valence-corrected chi connectivity index (χ4v) is 13.7. The van der Waals surface area contributed by atoms with Gasteiger partial charge in [-0.15, -0.1) is 0 Å². The summed E-state index contributed by atoms with van der Waals surface area (Å²) >= 11 is 3.02. The van der Waals surface area contributed by atoms with Gasteiger partial charge in [-0.25, -0.2) is 0 Å². The Hall–Kier alpha value is 0.650. The van der Waals surface area contributed by atoms with E-state index in [-0.39, 0.29) is 0 Å². The number of nitriles is 1. The summed E-state index contributed by atoms with van der Waals surface area (Å²) in [5.41, 5.74) is 0. The van der Waals surface area contributed by atoms with Crippen molar-refractivity contribution in [3.05, 3.63) is 0 Å². The minimum absolute atomic E-state index is 0.794. The van der Waals surface area contributed by atoms with Crippen molar-refractivity contribution in [2.75, 3.05) is 24.6 Å². The molecule has 180 valence electrons. The van der Waals surface area contributed by atoms with Crippen LogP contribution in [0.25, 0.3) is 0 Å². The van der Waals surface area contributed by atoms with Gasteiger partial charge in [0.05, 0.1) is 0 Å². The minimum atomic E-state index is -1.77. The number of halogens is 1. The molecule has 0 aromatic heterocycles. The summed E-state index contributed by atoms with van der Waals surface area (Å²) in [6.07, 6.45) is 31.6. The molecule has 0 radical (unpaired) electrons. The average molecular weight is 552 g/mol. The van der Waals surface area contributed by atoms with E-state index >= 15 is 0 Å². The van der Waals surface area contributed by atoms with Crippen LogP contribution in [0.1, 0.15) is 143 Å². The predicted octanol–water partition coefficient (Wildman–Crippen LogP) is 10.9. The average Bonchev–Trinajstić information content (AvgIpc) is 2.75. The summed E-state index contributed by atoms with van der Waals surface area (Å²) in [5, 5.41) is 9.42. The van der Waals surface area contributed by atoms with Gasteiger partial charge in [0, 0.05) is 0 Å². The molecule has 0 unspecified atom stereocenters. The van der Waals surface area contributed by atoms with Gasteiger partial charge in [0.1, 0.15) is 0 Å². The molecule has 0 rings (SSSR count). The molecule has 30 heavy (non-hydrogen) atoms. The molecule has 0 aromatic rings. The first-order valence-corrected chi connectivity index (χ1v) is 19.4. The third-order valence-electron chi connectivity index (χ3n) is 6.99. The molecule has 3 heteroatoms. The summed E-state index contributed by atoms with van der Waals surface area (Å²) < 4.78 is -1.77. The Morgan fingerprint density at radius 2 is 0.800 bits per heavy atom. The number of rotatable bonds is 23. The van der Waals surface area contributed by atoms with E-state index in [2.05, 4.69) is 48.9 Å². The Morgan fingerprint density at radius 1 is 0.500 bits per heavy atom. The van der Waals surface area contributed by atoms with Crippen molar-refractivity contribution in [1.82, 2.24) is 0 Å². The molecule has 0 N–H and O–H groups in total. The van der Waals surface area contributed by atoms with Crippen LogP contribution in [0.15, 0.2) is 0 Å². The maximum absolute atomic E-state index is 9.42. The molecule has 0 amide bonds. The van der Waals surface area contributed by atoms with Crippen molar-refractivity contribution >= 4 is 26.3 Å². The van der Waals surface area contributed by atoms with E-state index in [1.54, 1.807) is 0 Å². The zero-order chi connectivity index (χ0) is 22.4. The second-order valence-corrected chi connectivity index (χ2v) is 23.5. The summed E-state index contributed by atoms with van der Waals surface area (Å²) in [6, 6.07) is 2.53. The molecular weight excluding hydrogens is 496 g/mol. The van der Waals surface area contributed by atoms with E-state index in [1.165, 1.54) is 140 Å². The number of unbranched alkanes of at least 4 members (excludes halogenated alkanes) is 15. The van der Waals surface area contributed by atoms with Crippen LogP contribution >= 0.6 is 26.3 Å². The maximum atomic E-state index is 9.42. The summed E-state index contributed by atoms with van der Waals surface area (Å²) in [7, 11) is 0. The number of hydrogen-bond acceptors (Lipinski definition) is 1. The fraction of sp³-hybridized carbons (Fsp3) is 0.963. The normalized spacial score (nSPS) is 13.1. The number of nitrogens with zero attached hydrogens (tertiary/aromatic N) is 1. The first-order chi connectivity index (χ1) is 14.5. The van der Waals surface area contributed by atoms with E-state index in [1.807, 2.05) is 0 Å². The molecule has 1 nitrogen and oxygen atoms in total. The van der Waals surface area contributed by atoms with Gasteiger partial charge in [0.2, 0.25) is 0 Å². The molecule has 0 heterocycles. The van der Waals surface area contributed by atoms with Gasteiger partial charge in [0.15, 0.2) is 0 Å². The van der Waals surface area contributed by atoms with Gasteiger partial charge >= 0.3 is 205 Å². The molecule has 0 aromatic carbocycles. The van der Waals surface area contributed by atoms with Crippen molar-refractivity contribution in [3.63, 3.8) is 0 Å². The van der Waals surface area contributed by atoms with E-state index in [0.717, 1.165) is 6.42 Å². The standard InChI is InChI=1S/C27H55INP/c1-4-7-10-13-16-19-24-30(28,27-22-23-29,25-20-17-14-11-8-5-2)26-21-18-15-12-9-6-3/h4-22,24-27H2,1-3H3. The van der Waals surface area contributed by atoms with Gasteiger partial charge < -0.3 is 0 Å². The Morgan fingerprint density at radius 3 is 1.10 bits per heavy atom. The number of hydrogen-bond donors (Lipinski definition) is 0. The van der Waals surface area contributed by atoms with Crippen molar-refractivity contribution in [2.24, 2.45) is 0 Å². The molecule has 0 saturated heterocycles. The van der Waals surface area contributed by atoms with Gasteiger partial charge in [-0.05, 0) is 0 Å². The molecule has 0 fully saturated rings. The quantitative estimate of drug-likeness (QED) is 0.0704.